The van der Waals surface area contributed by atoms with E-state index < -0.39 is 12.2 Å². The first-order valence-electron chi connectivity index (χ1n) is 4.94. The second kappa shape index (κ2) is 5.35. The summed E-state index contributed by atoms with van der Waals surface area (Å²) in [4.78, 5) is 12.1. The summed E-state index contributed by atoms with van der Waals surface area (Å²) < 4.78 is 1.65. The van der Waals surface area contributed by atoms with Gasteiger partial charge in [0.25, 0.3) is 0 Å². The molecule has 0 saturated carbocycles. The van der Waals surface area contributed by atoms with E-state index in [4.69, 9.17) is 0 Å². The monoisotopic (exact) mass is 298 g/mol. The lowest BCUT2D eigenvalue weighted by molar-refractivity contribution is 0.0338. The van der Waals surface area contributed by atoms with Gasteiger partial charge in [0.15, 0.2) is 0 Å². The van der Waals surface area contributed by atoms with Crippen molar-refractivity contribution in [2.24, 2.45) is 0 Å². The summed E-state index contributed by atoms with van der Waals surface area (Å²) in [6.45, 7) is 0. The number of aliphatic hydroxyl groups is 2. The van der Waals surface area contributed by atoms with E-state index in [1.54, 1.807) is 23.3 Å². The van der Waals surface area contributed by atoms with Crippen LogP contribution in [0.1, 0.15) is 11.7 Å². The molecule has 2 rings (SSSR count). The topological polar surface area (TPSA) is 84.1 Å². The number of aromatic nitrogens is 4. The quantitative estimate of drug-likeness (QED) is 0.801. The van der Waals surface area contributed by atoms with Gasteiger partial charge in [0, 0.05) is 35.7 Å². The van der Waals surface area contributed by atoms with Gasteiger partial charge in [0.2, 0.25) is 5.95 Å². The van der Waals surface area contributed by atoms with Crippen LogP contribution in [0.4, 0.5) is 0 Å². The molecule has 90 valence electrons. The minimum absolute atomic E-state index is 0.289. The number of rotatable bonds is 4. The van der Waals surface area contributed by atoms with Crippen LogP contribution in [0.5, 0.6) is 0 Å². The van der Waals surface area contributed by atoms with Crippen molar-refractivity contribution in [3.8, 4) is 5.95 Å². The lowest BCUT2D eigenvalue weighted by Crippen LogP contribution is -2.20. The van der Waals surface area contributed by atoms with Crippen LogP contribution in [0.25, 0.3) is 5.95 Å². The van der Waals surface area contributed by atoms with Crippen LogP contribution in [0.2, 0.25) is 0 Å². The van der Waals surface area contributed by atoms with Crippen molar-refractivity contribution < 1.29 is 10.2 Å². The molecule has 2 aromatic rings. The van der Waals surface area contributed by atoms with Gasteiger partial charge in [-0.15, -0.1) is 0 Å². The first kappa shape index (κ1) is 12.2. The first-order valence-corrected chi connectivity index (χ1v) is 6.07. The zero-order valence-corrected chi connectivity index (χ0v) is 10.4. The van der Waals surface area contributed by atoms with Crippen molar-refractivity contribution >= 4 is 15.9 Å². The highest BCUT2D eigenvalue weighted by atomic mass is 79.9. The molecule has 0 aliphatic carbocycles. The van der Waals surface area contributed by atoms with Crippen molar-refractivity contribution in [1.29, 1.82) is 0 Å². The Labute approximate surface area is 106 Å². The Hall–Kier alpha value is -1.31. The van der Waals surface area contributed by atoms with E-state index in [2.05, 4.69) is 30.9 Å². The largest absolute Gasteiger partial charge is 0.389 e. The zero-order chi connectivity index (χ0) is 12.3. The molecule has 0 aliphatic heterocycles. The predicted molar refractivity (Wildman–Crippen MR) is 63.9 cm³/mol. The number of imidazole rings is 1. The highest BCUT2D eigenvalue weighted by Crippen LogP contribution is 2.16. The molecular formula is C10H11BrN4O2. The average molecular weight is 299 g/mol. The molecule has 0 bridgehead atoms. The lowest BCUT2D eigenvalue weighted by atomic mass is 10.1. The molecular weight excluding hydrogens is 288 g/mol. The summed E-state index contributed by atoms with van der Waals surface area (Å²) >= 11 is 3.10. The Morgan fingerprint density at radius 3 is 2.53 bits per heavy atom. The molecule has 2 aromatic heterocycles. The Kier molecular flexibility index (Phi) is 3.82. The number of aliphatic hydroxyl groups excluding tert-OH is 2. The molecule has 2 atom stereocenters. The second-order valence-electron chi connectivity index (χ2n) is 3.45. The molecule has 0 saturated heterocycles. The van der Waals surface area contributed by atoms with E-state index in [0.717, 1.165) is 0 Å². The highest BCUT2D eigenvalue weighted by Gasteiger charge is 2.17. The molecule has 2 heterocycles. The van der Waals surface area contributed by atoms with Crippen molar-refractivity contribution in [3.63, 3.8) is 0 Å². The predicted octanol–water partition coefficient (Wildman–Crippen LogP) is 0.451. The van der Waals surface area contributed by atoms with E-state index in [-0.39, 0.29) is 5.33 Å². The number of nitrogens with zero attached hydrogens (tertiary/aromatic N) is 4. The van der Waals surface area contributed by atoms with Crippen molar-refractivity contribution in [3.05, 3.63) is 36.7 Å². The average Bonchev–Trinajstić information content (AvgIpc) is 2.91. The third-order valence-corrected chi connectivity index (χ3v) is 2.92. The molecule has 0 aromatic carbocycles. The number of halogens is 1. The summed E-state index contributed by atoms with van der Waals surface area (Å²) in [5, 5.41) is 19.5. The summed E-state index contributed by atoms with van der Waals surface area (Å²) in [6, 6.07) is 0. The van der Waals surface area contributed by atoms with Gasteiger partial charge in [-0.25, -0.2) is 15.0 Å². The fraction of sp³-hybridized carbons (Fsp3) is 0.300. The van der Waals surface area contributed by atoms with Gasteiger partial charge < -0.3 is 10.2 Å². The van der Waals surface area contributed by atoms with Gasteiger partial charge in [-0.2, -0.15) is 0 Å². The SMILES string of the molecule is OC(CBr)C(O)c1cnc(-n2ccnc2)nc1. The molecule has 0 radical (unpaired) electrons. The fourth-order valence-corrected chi connectivity index (χ4v) is 1.66. The maximum Gasteiger partial charge on any atom is 0.234 e. The van der Waals surface area contributed by atoms with Crippen LogP contribution in [0.15, 0.2) is 31.1 Å². The highest BCUT2D eigenvalue weighted by molar-refractivity contribution is 9.09. The van der Waals surface area contributed by atoms with Crippen molar-refractivity contribution in [2.75, 3.05) is 5.33 Å². The maximum atomic E-state index is 9.73. The molecule has 2 unspecified atom stereocenters. The van der Waals surface area contributed by atoms with Crippen LogP contribution in [0, 0.1) is 0 Å². The molecule has 0 spiro atoms. The van der Waals surface area contributed by atoms with Crippen LogP contribution in [-0.4, -0.2) is 41.2 Å². The minimum Gasteiger partial charge on any atom is -0.389 e. The zero-order valence-electron chi connectivity index (χ0n) is 8.81. The van der Waals surface area contributed by atoms with Gasteiger partial charge in [-0.05, 0) is 0 Å². The molecule has 17 heavy (non-hydrogen) atoms. The summed E-state index contributed by atoms with van der Waals surface area (Å²) in [5.41, 5.74) is 0.473. The second-order valence-corrected chi connectivity index (χ2v) is 4.10. The van der Waals surface area contributed by atoms with E-state index >= 15 is 0 Å². The first-order chi connectivity index (χ1) is 8.22. The normalized spacial score (nSPS) is 14.5. The van der Waals surface area contributed by atoms with Crippen LogP contribution < -0.4 is 0 Å². The van der Waals surface area contributed by atoms with E-state index in [0.29, 0.717) is 11.5 Å². The molecule has 6 nitrogen and oxygen atoms in total. The Morgan fingerprint density at radius 1 is 1.29 bits per heavy atom. The van der Waals surface area contributed by atoms with Gasteiger partial charge in [-0.3, -0.25) is 4.57 Å². The van der Waals surface area contributed by atoms with Crippen LogP contribution in [-0.2, 0) is 0 Å². The van der Waals surface area contributed by atoms with Gasteiger partial charge >= 0.3 is 0 Å². The smallest absolute Gasteiger partial charge is 0.234 e. The summed E-state index contributed by atoms with van der Waals surface area (Å²) in [7, 11) is 0. The molecule has 0 fully saturated rings. The molecule has 7 heteroatoms. The number of alkyl halides is 1. The number of hydrogen-bond donors (Lipinski definition) is 2. The van der Waals surface area contributed by atoms with Gasteiger partial charge in [0.1, 0.15) is 12.4 Å². The van der Waals surface area contributed by atoms with E-state index in [9.17, 15) is 10.2 Å². The minimum atomic E-state index is -0.994. The van der Waals surface area contributed by atoms with Crippen LogP contribution >= 0.6 is 15.9 Å². The van der Waals surface area contributed by atoms with E-state index in [1.807, 2.05) is 0 Å². The van der Waals surface area contributed by atoms with Gasteiger partial charge in [-0.1, -0.05) is 15.9 Å². The standard InChI is InChI=1S/C10H11BrN4O2/c11-3-8(16)9(17)7-4-13-10(14-5-7)15-2-1-12-6-15/h1-2,4-6,8-9,16-17H,3H2. The van der Waals surface area contributed by atoms with Crippen molar-refractivity contribution in [1.82, 2.24) is 19.5 Å². The third-order valence-electron chi connectivity index (χ3n) is 2.26. The Bertz CT molecular complexity index is 460. The fourth-order valence-electron chi connectivity index (χ4n) is 1.30. The maximum absolute atomic E-state index is 9.73. The molecule has 2 N–H and O–H groups in total. The molecule has 0 amide bonds. The number of hydrogen-bond acceptors (Lipinski definition) is 5. The molecule has 0 aliphatic rings. The third kappa shape index (κ3) is 2.68. The Balaban J connectivity index is 2.18. The van der Waals surface area contributed by atoms with E-state index in [1.165, 1.54) is 12.4 Å². The Morgan fingerprint density at radius 2 is 2.00 bits per heavy atom. The summed E-state index contributed by atoms with van der Waals surface area (Å²) in [5.74, 6) is 0.465. The van der Waals surface area contributed by atoms with Crippen LogP contribution in [0.3, 0.4) is 0 Å². The van der Waals surface area contributed by atoms with Gasteiger partial charge in [0.05, 0.1) is 6.10 Å². The summed E-state index contributed by atoms with van der Waals surface area (Å²) in [6.07, 6.45) is 6.03. The van der Waals surface area contributed by atoms with Crippen molar-refractivity contribution in [2.45, 2.75) is 12.2 Å². The lowest BCUT2D eigenvalue weighted by Gasteiger charge is -2.15.